The molecule has 0 spiro atoms. The molecule has 0 aliphatic carbocycles. The van der Waals surface area contributed by atoms with E-state index in [0.717, 1.165) is 11.3 Å². The summed E-state index contributed by atoms with van der Waals surface area (Å²) in [5.74, 6) is -0.297. The van der Waals surface area contributed by atoms with Gasteiger partial charge in [-0.25, -0.2) is 13.4 Å². The van der Waals surface area contributed by atoms with Crippen molar-refractivity contribution in [3.8, 4) is 0 Å². The number of hydrogen-bond acceptors (Lipinski definition) is 5. The van der Waals surface area contributed by atoms with E-state index < -0.39 is 16.1 Å². The Kier molecular flexibility index (Phi) is 3.41. The summed E-state index contributed by atoms with van der Waals surface area (Å²) >= 11 is 6.97. The van der Waals surface area contributed by atoms with Gasteiger partial charge in [0.2, 0.25) is 5.91 Å². The number of nitrogens with one attached hydrogen (secondary N) is 2. The second-order valence-electron chi connectivity index (χ2n) is 4.34. The lowest BCUT2D eigenvalue weighted by molar-refractivity contribution is -0.120. The number of rotatable bonds is 3. The number of carbonyl (C=O) groups is 1. The Labute approximate surface area is 124 Å². The van der Waals surface area contributed by atoms with Gasteiger partial charge in [0.25, 0.3) is 10.0 Å². The molecule has 9 heteroatoms. The highest BCUT2D eigenvalue weighted by molar-refractivity contribution is 7.91. The lowest BCUT2D eigenvalue weighted by Gasteiger charge is -2.08. The Morgan fingerprint density at radius 2 is 2.30 bits per heavy atom. The molecule has 1 fully saturated rings. The quantitative estimate of drug-likeness (QED) is 0.825. The molecule has 106 valence electrons. The van der Waals surface area contributed by atoms with Crippen molar-refractivity contribution in [2.75, 3.05) is 6.54 Å². The number of carbonyl (C=O) groups excluding carboxylic acids is 1. The van der Waals surface area contributed by atoms with Crippen molar-refractivity contribution in [3.63, 3.8) is 0 Å². The lowest BCUT2D eigenvalue weighted by Crippen LogP contribution is -2.39. The SMILES string of the molecule is O=C1NCC[C@@H]1NS(=O)(=O)c1cc2ccnc(Cl)c2s1. The molecular weight excluding hydrogens is 322 g/mol. The average molecular weight is 332 g/mol. The van der Waals surface area contributed by atoms with Gasteiger partial charge in [0, 0.05) is 12.7 Å². The molecule has 1 amide bonds. The van der Waals surface area contributed by atoms with Gasteiger partial charge in [0.05, 0.1) is 4.70 Å². The molecule has 1 saturated heterocycles. The highest BCUT2D eigenvalue weighted by atomic mass is 35.5. The standard InChI is InChI=1S/C11H10ClN3O3S2/c12-10-9-6(1-3-13-10)5-8(19-9)20(17,18)15-7-2-4-14-11(7)16/h1,3,5,7,15H,2,4H2,(H,14,16)/t7-/m0/s1. The second kappa shape index (κ2) is 4.96. The Bertz CT molecular complexity index is 787. The van der Waals surface area contributed by atoms with Crippen LogP contribution in [0.25, 0.3) is 10.1 Å². The first-order chi connectivity index (χ1) is 9.47. The topological polar surface area (TPSA) is 88.2 Å². The fraction of sp³-hybridized carbons (Fsp3) is 0.273. The Morgan fingerprint density at radius 3 is 2.95 bits per heavy atom. The number of hydrogen-bond donors (Lipinski definition) is 2. The van der Waals surface area contributed by atoms with E-state index in [9.17, 15) is 13.2 Å². The molecule has 0 bridgehead atoms. The summed E-state index contributed by atoms with van der Waals surface area (Å²) in [7, 11) is -3.73. The minimum Gasteiger partial charge on any atom is -0.355 e. The lowest BCUT2D eigenvalue weighted by atomic mass is 10.3. The summed E-state index contributed by atoms with van der Waals surface area (Å²) in [6.45, 7) is 0.480. The summed E-state index contributed by atoms with van der Waals surface area (Å²) in [6, 6.07) is 2.51. The van der Waals surface area contributed by atoms with Crippen LogP contribution in [0.15, 0.2) is 22.5 Å². The monoisotopic (exact) mass is 331 g/mol. The van der Waals surface area contributed by atoms with Gasteiger partial charge >= 0.3 is 0 Å². The maximum Gasteiger partial charge on any atom is 0.250 e. The van der Waals surface area contributed by atoms with Crippen LogP contribution in [0.5, 0.6) is 0 Å². The van der Waals surface area contributed by atoms with Crippen LogP contribution in [0.2, 0.25) is 5.15 Å². The number of halogens is 1. The molecule has 2 N–H and O–H groups in total. The smallest absolute Gasteiger partial charge is 0.250 e. The zero-order chi connectivity index (χ0) is 14.3. The number of aromatic nitrogens is 1. The molecule has 0 saturated carbocycles. The first-order valence-corrected chi connectivity index (χ1v) is 8.49. The summed E-state index contributed by atoms with van der Waals surface area (Å²) in [5.41, 5.74) is 0. The minimum absolute atomic E-state index is 0.127. The van der Waals surface area contributed by atoms with E-state index in [1.54, 1.807) is 6.07 Å². The first kappa shape index (κ1) is 13.7. The van der Waals surface area contributed by atoms with Crippen LogP contribution in [-0.2, 0) is 14.8 Å². The molecule has 1 atom stereocenters. The molecule has 3 heterocycles. The van der Waals surface area contributed by atoms with E-state index in [1.165, 1.54) is 12.3 Å². The maximum absolute atomic E-state index is 12.3. The molecule has 0 unspecified atom stereocenters. The van der Waals surface area contributed by atoms with Gasteiger partial charge in [0.1, 0.15) is 15.4 Å². The molecule has 0 radical (unpaired) electrons. The molecule has 3 rings (SSSR count). The van der Waals surface area contributed by atoms with Gasteiger partial charge in [-0.3, -0.25) is 4.79 Å². The Balaban J connectivity index is 1.96. The molecule has 2 aromatic heterocycles. The number of pyridine rings is 1. The van der Waals surface area contributed by atoms with Crippen molar-refractivity contribution in [2.45, 2.75) is 16.7 Å². The normalized spacial score (nSPS) is 19.4. The highest BCUT2D eigenvalue weighted by Gasteiger charge is 2.30. The third-order valence-corrected chi connectivity index (χ3v) is 6.48. The number of fused-ring (bicyclic) bond motifs is 1. The third kappa shape index (κ3) is 2.39. The summed E-state index contributed by atoms with van der Waals surface area (Å²) < 4.78 is 27.7. The van der Waals surface area contributed by atoms with E-state index in [2.05, 4.69) is 15.0 Å². The predicted octanol–water partition coefficient (Wildman–Crippen LogP) is 1.12. The Morgan fingerprint density at radius 1 is 1.50 bits per heavy atom. The van der Waals surface area contributed by atoms with Gasteiger partial charge in [-0.05, 0) is 23.9 Å². The largest absolute Gasteiger partial charge is 0.355 e. The molecule has 20 heavy (non-hydrogen) atoms. The first-order valence-electron chi connectivity index (χ1n) is 5.81. The summed E-state index contributed by atoms with van der Waals surface area (Å²) in [6.07, 6.45) is 1.97. The van der Waals surface area contributed by atoms with Crippen molar-refractivity contribution >= 4 is 49.0 Å². The van der Waals surface area contributed by atoms with Crippen LogP contribution in [0, 0.1) is 0 Å². The molecular formula is C11H10ClN3O3S2. The van der Waals surface area contributed by atoms with Crippen LogP contribution in [-0.4, -0.2) is 31.9 Å². The highest BCUT2D eigenvalue weighted by Crippen LogP contribution is 2.32. The van der Waals surface area contributed by atoms with Crippen LogP contribution >= 0.6 is 22.9 Å². The van der Waals surface area contributed by atoms with Crippen molar-refractivity contribution in [1.82, 2.24) is 15.0 Å². The number of nitrogens with zero attached hydrogens (tertiary/aromatic N) is 1. The fourth-order valence-corrected chi connectivity index (χ4v) is 4.87. The number of amides is 1. The van der Waals surface area contributed by atoms with Crippen LogP contribution in [0.3, 0.4) is 0 Å². The van der Waals surface area contributed by atoms with Gasteiger partial charge in [-0.15, -0.1) is 11.3 Å². The van der Waals surface area contributed by atoms with Gasteiger partial charge in [-0.2, -0.15) is 4.72 Å². The molecule has 2 aromatic rings. The van der Waals surface area contributed by atoms with E-state index in [1.807, 2.05) is 0 Å². The van der Waals surface area contributed by atoms with Gasteiger partial charge in [-0.1, -0.05) is 11.6 Å². The zero-order valence-electron chi connectivity index (χ0n) is 10.1. The number of sulfonamides is 1. The van der Waals surface area contributed by atoms with Crippen molar-refractivity contribution in [2.24, 2.45) is 0 Å². The average Bonchev–Trinajstić information content (AvgIpc) is 2.98. The van der Waals surface area contributed by atoms with Crippen LogP contribution in [0.4, 0.5) is 0 Å². The minimum atomic E-state index is -3.73. The molecule has 6 nitrogen and oxygen atoms in total. The predicted molar refractivity (Wildman–Crippen MR) is 76.4 cm³/mol. The fourth-order valence-electron chi connectivity index (χ4n) is 1.99. The van der Waals surface area contributed by atoms with Crippen LogP contribution in [0.1, 0.15) is 6.42 Å². The van der Waals surface area contributed by atoms with Crippen molar-refractivity contribution in [1.29, 1.82) is 0 Å². The van der Waals surface area contributed by atoms with E-state index in [0.29, 0.717) is 23.1 Å². The van der Waals surface area contributed by atoms with Crippen LogP contribution < -0.4 is 10.0 Å². The number of thiophene rings is 1. The van der Waals surface area contributed by atoms with E-state index in [-0.39, 0.29) is 15.3 Å². The van der Waals surface area contributed by atoms with Gasteiger partial charge < -0.3 is 5.32 Å². The molecule has 1 aliphatic heterocycles. The summed E-state index contributed by atoms with van der Waals surface area (Å²) in [4.78, 5) is 15.4. The zero-order valence-corrected chi connectivity index (χ0v) is 12.5. The summed E-state index contributed by atoms with van der Waals surface area (Å²) in [5, 5.41) is 3.57. The Hall–Kier alpha value is -1.22. The molecule has 0 aromatic carbocycles. The van der Waals surface area contributed by atoms with Gasteiger partial charge in [0.15, 0.2) is 0 Å². The van der Waals surface area contributed by atoms with Crippen molar-refractivity contribution < 1.29 is 13.2 Å². The maximum atomic E-state index is 12.3. The van der Waals surface area contributed by atoms with E-state index in [4.69, 9.17) is 11.6 Å². The third-order valence-electron chi connectivity index (χ3n) is 2.98. The van der Waals surface area contributed by atoms with E-state index >= 15 is 0 Å². The van der Waals surface area contributed by atoms with Crippen molar-refractivity contribution in [3.05, 3.63) is 23.5 Å². The molecule has 1 aliphatic rings. The second-order valence-corrected chi connectivity index (χ2v) is 7.69.